The smallest absolute Gasteiger partial charge is 0.315 e. The van der Waals surface area contributed by atoms with Crippen LogP contribution < -0.4 is 10.6 Å². The minimum atomic E-state index is -0.0816. The van der Waals surface area contributed by atoms with Crippen LogP contribution in [0.25, 0.3) is 0 Å². The van der Waals surface area contributed by atoms with Gasteiger partial charge >= 0.3 is 6.03 Å². The molecule has 2 amide bonds. The van der Waals surface area contributed by atoms with E-state index in [2.05, 4.69) is 38.3 Å². The molecule has 0 radical (unpaired) electrons. The molecule has 2 aliphatic heterocycles. The molecule has 128 valence electrons. The first-order valence-electron chi connectivity index (χ1n) is 8.69. The number of urea groups is 1. The van der Waals surface area contributed by atoms with Crippen LogP contribution in [0.4, 0.5) is 4.79 Å². The van der Waals surface area contributed by atoms with Gasteiger partial charge in [0.1, 0.15) is 0 Å². The molecule has 0 aromatic rings. The predicted octanol–water partition coefficient (Wildman–Crippen LogP) is 2.69. The van der Waals surface area contributed by atoms with Crippen LogP contribution in [0.5, 0.6) is 0 Å². The van der Waals surface area contributed by atoms with E-state index in [0.29, 0.717) is 12.5 Å². The minimum Gasteiger partial charge on any atom is -0.377 e. The highest BCUT2D eigenvalue weighted by Crippen LogP contribution is 2.34. The number of rotatable bonds is 5. The first-order chi connectivity index (χ1) is 10.4. The molecule has 0 bridgehead atoms. The Labute approximate surface area is 134 Å². The number of hydrogen-bond acceptors (Lipinski definition) is 3. The van der Waals surface area contributed by atoms with Crippen molar-refractivity contribution >= 4 is 6.03 Å². The van der Waals surface area contributed by atoms with Crippen molar-refractivity contribution < 1.29 is 14.3 Å². The quantitative estimate of drug-likeness (QED) is 0.820. The van der Waals surface area contributed by atoms with Gasteiger partial charge in [0.15, 0.2) is 0 Å². The van der Waals surface area contributed by atoms with E-state index in [9.17, 15) is 4.79 Å². The largest absolute Gasteiger partial charge is 0.377 e. The van der Waals surface area contributed by atoms with Crippen molar-refractivity contribution in [2.45, 2.75) is 71.6 Å². The maximum absolute atomic E-state index is 12.2. The zero-order chi connectivity index (χ0) is 16.2. The van der Waals surface area contributed by atoms with E-state index in [1.54, 1.807) is 0 Å². The monoisotopic (exact) mass is 312 g/mol. The van der Waals surface area contributed by atoms with E-state index >= 15 is 0 Å². The van der Waals surface area contributed by atoms with Crippen molar-refractivity contribution in [2.24, 2.45) is 11.3 Å². The molecular weight excluding hydrogens is 280 g/mol. The highest BCUT2D eigenvalue weighted by atomic mass is 16.5. The highest BCUT2D eigenvalue weighted by Gasteiger charge is 2.37. The molecule has 0 aromatic heterocycles. The van der Waals surface area contributed by atoms with Crippen LogP contribution in [0, 0.1) is 11.3 Å². The lowest BCUT2D eigenvalue weighted by molar-refractivity contribution is 0.00768. The van der Waals surface area contributed by atoms with Gasteiger partial charge in [0.25, 0.3) is 0 Å². The Morgan fingerprint density at radius 1 is 1.23 bits per heavy atom. The lowest BCUT2D eigenvalue weighted by atomic mass is 9.81. The molecule has 5 nitrogen and oxygen atoms in total. The van der Waals surface area contributed by atoms with Gasteiger partial charge in [0.2, 0.25) is 0 Å². The van der Waals surface area contributed by atoms with Gasteiger partial charge in [-0.05, 0) is 31.1 Å². The fourth-order valence-corrected chi connectivity index (χ4v) is 3.62. The van der Waals surface area contributed by atoms with Crippen molar-refractivity contribution in [1.29, 1.82) is 0 Å². The van der Waals surface area contributed by atoms with Gasteiger partial charge in [-0.3, -0.25) is 0 Å². The van der Waals surface area contributed by atoms with Gasteiger partial charge in [0.05, 0.1) is 18.2 Å². The molecule has 5 heteroatoms. The zero-order valence-corrected chi connectivity index (χ0v) is 14.5. The number of nitrogens with one attached hydrogen (secondary N) is 2. The molecule has 2 heterocycles. The highest BCUT2D eigenvalue weighted by molar-refractivity contribution is 5.74. The third-order valence-electron chi connectivity index (χ3n) is 4.76. The zero-order valence-electron chi connectivity index (χ0n) is 14.5. The van der Waals surface area contributed by atoms with Crippen molar-refractivity contribution in [2.75, 3.05) is 19.8 Å². The van der Waals surface area contributed by atoms with Gasteiger partial charge < -0.3 is 20.1 Å². The summed E-state index contributed by atoms with van der Waals surface area (Å²) in [4.78, 5) is 12.2. The van der Waals surface area contributed by atoms with Gasteiger partial charge in [-0.2, -0.15) is 0 Å². The number of ether oxygens (including phenoxy) is 2. The van der Waals surface area contributed by atoms with Crippen LogP contribution in [0.2, 0.25) is 0 Å². The molecule has 2 rings (SSSR count). The van der Waals surface area contributed by atoms with Crippen molar-refractivity contribution in [3.8, 4) is 0 Å². The van der Waals surface area contributed by atoms with Gasteiger partial charge in [-0.1, -0.05) is 27.7 Å². The molecular formula is C17H32N2O3. The van der Waals surface area contributed by atoms with E-state index in [1.807, 2.05) is 0 Å². The average molecular weight is 312 g/mol. The summed E-state index contributed by atoms with van der Waals surface area (Å²) < 4.78 is 11.5. The van der Waals surface area contributed by atoms with Crippen molar-refractivity contribution in [3.05, 3.63) is 0 Å². The van der Waals surface area contributed by atoms with E-state index < -0.39 is 0 Å². The molecule has 2 aliphatic rings. The summed E-state index contributed by atoms with van der Waals surface area (Å²) in [7, 11) is 0. The van der Waals surface area contributed by atoms with Crippen LogP contribution in [0.3, 0.4) is 0 Å². The third kappa shape index (κ3) is 4.59. The maximum Gasteiger partial charge on any atom is 0.315 e. The summed E-state index contributed by atoms with van der Waals surface area (Å²) in [5.41, 5.74) is 0.114. The topological polar surface area (TPSA) is 59.6 Å². The molecule has 2 N–H and O–H groups in total. The van der Waals surface area contributed by atoms with E-state index in [-0.39, 0.29) is 29.7 Å². The fraction of sp³-hybridized carbons (Fsp3) is 0.941. The predicted molar refractivity (Wildman–Crippen MR) is 86.9 cm³/mol. The van der Waals surface area contributed by atoms with Crippen LogP contribution in [0.15, 0.2) is 0 Å². The Morgan fingerprint density at radius 3 is 2.59 bits per heavy atom. The fourth-order valence-electron chi connectivity index (χ4n) is 3.62. The Balaban J connectivity index is 1.77. The van der Waals surface area contributed by atoms with Crippen molar-refractivity contribution in [1.82, 2.24) is 10.6 Å². The first-order valence-corrected chi connectivity index (χ1v) is 8.69. The molecule has 0 unspecified atom stereocenters. The van der Waals surface area contributed by atoms with E-state index in [4.69, 9.17) is 9.47 Å². The van der Waals surface area contributed by atoms with Crippen LogP contribution in [0.1, 0.15) is 53.4 Å². The van der Waals surface area contributed by atoms with E-state index in [0.717, 1.165) is 38.9 Å². The summed E-state index contributed by atoms with van der Waals surface area (Å²) in [6, 6.07) is 0.0302. The summed E-state index contributed by atoms with van der Waals surface area (Å²) in [6.07, 6.45) is 4.44. The van der Waals surface area contributed by atoms with Crippen LogP contribution >= 0.6 is 0 Å². The SMILES string of the molecule is CC[C@@H](NC(=O)NC[C@H]1CCO[C@@H]1C(C)(C)C)[C@H]1CCCO1. The standard InChI is InChI=1S/C17H32N2O3/c1-5-13(14-7-6-9-21-14)19-16(20)18-11-12-8-10-22-15(12)17(2,3)4/h12-15H,5-11H2,1-4H3,(H2,18,19,20)/t12-,13-,14-,15+/m1/s1. The van der Waals surface area contributed by atoms with Crippen LogP contribution in [-0.2, 0) is 9.47 Å². The molecule has 0 spiro atoms. The van der Waals surface area contributed by atoms with E-state index in [1.165, 1.54) is 0 Å². The lowest BCUT2D eigenvalue weighted by Gasteiger charge is -2.31. The Kier molecular flexibility index (Phi) is 6.09. The molecule has 2 fully saturated rings. The van der Waals surface area contributed by atoms with Gasteiger partial charge in [-0.25, -0.2) is 4.79 Å². The van der Waals surface area contributed by atoms with Gasteiger partial charge in [0, 0.05) is 25.7 Å². The molecule has 2 saturated heterocycles. The minimum absolute atomic E-state index is 0.0816. The summed E-state index contributed by atoms with van der Waals surface area (Å²) in [5.74, 6) is 0.397. The maximum atomic E-state index is 12.2. The molecule has 0 aliphatic carbocycles. The molecule has 0 aromatic carbocycles. The Morgan fingerprint density at radius 2 is 2.00 bits per heavy atom. The summed E-state index contributed by atoms with van der Waals surface area (Å²) in [6.45, 7) is 11.0. The Hall–Kier alpha value is -0.810. The summed E-state index contributed by atoms with van der Waals surface area (Å²) >= 11 is 0. The Bertz CT molecular complexity index is 361. The average Bonchev–Trinajstić information content (AvgIpc) is 3.12. The number of hydrogen-bond donors (Lipinski definition) is 2. The number of carbonyl (C=O) groups is 1. The normalized spacial score (nSPS) is 30.3. The van der Waals surface area contributed by atoms with Crippen molar-refractivity contribution in [3.63, 3.8) is 0 Å². The third-order valence-corrected chi connectivity index (χ3v) is 4.76. The number of amides is 2. The second-order valence-electron chi connectivity index (χ2n) is 7.63. The van der Waals surface area contributed by atoms with Crippen LogP contribution in [-0.4, -0.2) is 44.0 Å². The molecule has 4 atom stereocenters. The summed E-state index contributed by atoms with van der Waals surface area (Å²) in [5, 5.41) is 6.10. The first kappa shape index (κ1) is 17.5. The molecule has 22 heavy (non-hydrogen) atoms. The second kappa shape index (κ2) is 7.64. The number of carbonyl (C=O) groups excluding carboxylic acids is 1. The second-order valence-corrected chi connectivity index (χ2v) is 7.63. The molecule has 0 saturated carbocycles. The van der Waals surface area contributed by atoms with Gasteiger partial charge in [-0.15, -0.1) is 0 Å². The lowest BCUT2D eigenvalue weighted by Crippen LogP contribution is -2.49.